The van der Waals surface area contributed by atoms with Crippen molar-refractivity contribution in [3.05, 3.63) is 65.2 Å². The van der Waals surface area contributed by atoms with E-state index in [1.165, 1.54) is 19.6 Å². The Hall–Kier alpha value is -4.10. The zero-order chi connectivity index (χ0) is 37.7. The van der Waals surface area contributed by atoms with Crippen molar-refractivity contribution in [2.24, 2.45) is 0 Å². The Morgan fingerprint density at radius 3 is 2.33 bits per heavy atom. The van der Waals surface area contributed by atoms with Gasteiger partial charge in [0.1, 0.15) is 0 Å². The molecule has 3 heterocycles. The summed E-state index contributed by atoms with van der Waals surface area (Å²) < 4.78 is 33.7. The van der Waals surface area contributed by atoms with Crippen molar-refractivity contribution in [2.75, 3.05) is 43.4 Å². The minimum Gasteiger partial charge on any atom is -0.354 e. The number of hydrogen-bond acceptors (Lipinski definition) is 8. The normalized spacial score (nSPS) is 19.1. The fourth-order valence-electron chi connectivity index (χ4n) is 6.32. The average molecular weight is 755 g/mol. The van der Waals surface area contributed by atoms with E-state index < -0.39 is 33.7 Å². The minimum atomic E-state index is -4.84. The summed E-state index contributed by atoms with van der Waals surface area (Å²) in [5.74, 6) is 5.33. The fraction of sp³-hybridized carbons (Fsp3) is 0.514. The molecule has 2 aromatic carbocycles. The van der Waals surface area contributed by atoms with Crippen molar-refractivity contribution < 1.29 is 32.1 Å². The van der Waals surface area contributed by atoms with Crippen LogP contribution in [0.4, 0.5) is 10.5 Å². The molecule has 0 bridgehead atoms. The van der Waals surface area contributed by atoms with Gasteiger partial charge >= 0.3 is 6.03 Å². The Morgan fingerprint density at radius 1 is 0.962 bits per heavy atom. The third-order valence-corrected chi connectivity index (χ3v) is 12.0. The van der Waals surface area contributed by atoms with Gasteiger partial charge in [0.15, 0.2) is 5.25 Å². The van der Waals surface area contributed by atoms with Gasteiger partial charge < -0.3 is 31.1 Å². The Morgan fingerprint density at radius 2 is 1.63 bits per heavy atom. The van der Waals surface area contributed by atoms with Crippen LogP contribution in [0.3, 0.4) is 0 Å². The number of rotatable bonds is 15. The van der Waals surface area contributed by atoms with E-state index in [4.69, 9.17) is 0 Å². The van der Waals surface area contributed by atoms with Crippen molar-refractivity contribution in [1.82, 2.24) is 26.2 Å². The van der Waals surface area contributed by atoms with E-state index in [9.17, 15) is 32.1 Å². The van der Waals surface area contributed by atoms with Crippen LogP contribution in [0.25, 0.3) is 0 Å². The van der Waals surface area contributed by atoms with E-state index in [1.54, 1.807) is 28.8 Å². The van der Waals surface area contributed by atoms with Gasteiger partial charge in [0, 0.05) is 48.1 Å². The van der Waals surface area contributed by atoms with Crippen LogP contribution in [-0.2, 0) is 31.0 Å². The lowest BCUT2D eigenvalue weighted by atomic mass is 10.0. The molecule has 0 spiro atoms. The van der Waals surface area contributed by atoms with Gasteiger partial charge in [-0.2, -0.15) is 20.2 Å². The molecule has 5 N–H and O–H groups in total. The van der Waals surface area contributed by atoms with Gasteiger partial charge in [-0.15, -0.1) is 0 Å². The average Bonchev–Trinajstić information content (AvgIpc) is 3.67. The molecule has 2 fully saturated rings. The Balaban J connectivity index is 0.000000785. The molecule has 13 nitrogen and oxygen atoms in total. The van der Waals surface area contributed by atoms with E-state index in [1.807, 2.05) is 36.4 Å². The highest BCUT2D eigenvalue weighted by atomic mass is 32.2. The minimum absolute atomic E-state index is 0.0800. The number of nitrogens with one attached hydrogen (secondary N) is 4. The molecule has 2 aromatic rings. The maximum Gasteiger partial charge on any atom is 0.315 e. The molecule has 4 atom stereocenters. The summed E-state index contributed by atoms with van der Waals surface area (Å²) in [7, 11) is -4.84. The number of amides is 5. The van der Waals surface area contributed by atoms with Crippen LogP contribution in [0.5, 0.6) is 0 Å². The molecule has 52 heavy (non-hydrogen) atoms. The first-order valence-electron chi connectivity index (χ1n) is 17.9. The van der Waals surface area contributed by atoms with Crippen LogP contribution in [0, 0.1) is 11.8 Å². The maximum atomic E-state index is 13.4. The fourth-order valence-corrected chi connectivity index (χ4v) is 8.51. The Kier molecular flexibility index (Phi) is 15.4. The summed E-state index contributed by atoms with van der Waals surface area (Å²) in [5, 5.41) is 9.00. The van der Waals surface area contributed by atoms with Gasteiger partial charge in [-0.05, 0) is 56.2 Å². The monoisotopic (exact) mass is 754 g/mol. The summed E-state index contributed by atoms with van der Waals surface area (Å²) in [4.78, 5) is 54.0. The van der Waals surface area contributed by atoms with Crippen molar-refractivity contribution in [2.45, 2.75) is 82.0 Å². The van der Waals surface area contributed by atoms with Gasteiger partial charge in [-0.3, -0.25) is 18.9 Å². The summed E-state index contributed by atoms with van der Waals surface area (Å²) in [5.41, 5.74) is 2.98. The number of nitrogens with zero attached hydrogens (tertiary/aromatic N) is 2. The second-order valence-electron chi connectivity index (χ2n) is 12.7. The van der Waals surface area contributed by atoms with Crippen LogP contribution in [0.2, 0.25) is 0 Å². The molecule has 15 heteroatoms. The zero-order valence-corrected chi connectivity index (χ0v) is 31.7. The number of thioether (sulfide) groups is 1. The number of unbranched alkanes of at least 4 members (excludes halogenated alkanes) is 1. The molecule has 0 aliphatic carbocycles. The number of benzene rings is 2. The number of anilines is 1. The molecule has 282 valence electrons. The number of para-hydroxylation sites is 1. The molecule has 3 aliphatic heterocycles. The first-order chi connectivity index (χ1) is 24.9. The third-order valence-electron chi connectivity index (χ3n) is 9.37. The lowest BCUT2D eigenvalue weighted by Gasteiger charge is -2.26. The van der Waals surface area contributed by atoms with Crippen LogP contribution >= 0.6 is 11.8 Å². The zero-order valence-electron chi connectivity index (χ0n) is 30.0. The maximum absolute atomic E-state index is 13.4. The number of hydrogen-bond donors (Lipinski definition) is 5. The topological polar surface area (TPSA) is 177 Å². The number of carbonyl (C=O) groups is 4. The predicted octanol–water partition coefficient (Wildman–Crippen LogP) is 2.89. The highest BCUT2D eigenvalue weighted by Gasteiger charge is 2.42. The van der Waals surface area contributed by atoms with E-state index in [-0.39, 0.29) is 55.2 Å². The van der Waals surface area contributed by atoms with Crippen molar-refractivity contribution in [3.63, 3.8) is 0 Å². The van der Waals surface area contributed by atoms with Crippen LogP contribution in [-0.4, -0.2) is 103 Å². The Bertz CT molecular complexity index is 1740. The number of carbonyl (C=O) groups excluding carboxylic acids is 4. The van der Waals surface area contributed by atoms with Gasteiger partial charge in [-0.25, -0.2) is 4.79 Å². The van der Waals surface area contributed by atoms with Gasteiger partial charge in [0.05, 0.1) is 24.3 Å². The summed E-state index contributed by atoms with van der Waals surface area (Å²) in [6, 6.07) is 14.8. The lowest BCUT2D eigenvalue weighted by Crippen LogP contribution is -2.47. The largest absolute Gasteiger partial charge is 0.354 e. The van der Waals surface area contributed by atoms with E-state index >= 15 is 0 Å². The second kappa shape index (κ2) is 19.7. The third kappa shape index (κ3) is 11.4. The molecule has 0 aromatic heterocycles. The summed E-state index contributed by atoms with van der Waals surface area (Å²) in [6.45, 7) is 9.61. The van der Waals surface area contributed by atoms with Gasteiger partial charge in [-0.1, -0.05) is 69.4 Å². The van der Waals surface area contributed by atoms with E-state index in [0.29, 0.717) is 17.7 Å². The first kappa shape index (κ1) is 40.7. The lowest BCUT2D eigenvalue weighted by molar-refractivity contribution is -0.122. The van der Waals surface area contributed by atoms with E-state index in [0.717, 1.165) is 29.7 Å². The molecule has 0 saturated carbocycles. The van der Waals surface area contributed by atoms with Crippen LogP contribution in [0.1, 0.15) is 69.6 Å². The molecule has 5 rings (SSSR count). The molecular weight excluding hydrogens is 705 g/mol. The highest BCUT2D eigenvalue weighted by Crippen LogP contribution is 2.33. The highest BCUT2D eigenvalue weighted by molar-refractivity contribution is 8.00. The van der Waals surface area contributed by atoms with E-state index in [2.05, 4.69) is 58.8 Å². The molecular formula is C37H50N6O7S2. The first-order valence-corrected chi connectivity index (χ1v) is 20.4. The SMILES string of the molecule is CCN(CC)CC.O=C(CCCC[C@@H]1SC[C@@H]2NC(=O)N[C@@H]21)NCC(C(=O)NCCC(=O)N1Cc2ccccc2C#Cc2ccccc21)S(=O)(=O)O. The molecule has 5 amide bonds. The van der Waals surface area contributed by atoms with Crippen molar-refractivity contribution in [1.29, 1.82) is 0 Å². The molecule has 2 saturated heterocycles. The smallest absolute Gasteiger partial charge is 0.315 e. The Labute approximate surface area is 311 Å². The van der Waals surface area contributed by atoms with Crippen LogP contribution in [0.15, 0.2) is 48.5 Å². The predicted molar refractivity (Wildman–Crippen MR) is 203 cm³/mol. The summed E-state index contributed by atoms with van der Waals surface area (Å²) >= 11 is 1.78. The second-order valence-corrected chi connectivity index (χ2v) is 15.6. The van der Waals surface area contributed by atoms with Crippen LogP contribution < -0.4 is 26.2 Å². The standard InChI is InChI=1S/C31H35N5O7S2.C6H15N/c37-27(12-6-5-11-25-29-23(19-44-25)34-31(40)35-29)33-17-26(45(41,42)43)30(39)32-16-15-28(38)36-18-22-9-2-1-7-20(22)13-14-21-8-3-4-10-24(21)36;1-4-7(5-2)6-3/h1-4,7-10,23,25-26,29H,5-6,11-12,15-19H2,(H,32,39)(H,33,37)(H2,34,35,40)(H,41,42,43);4-6H2,1-3H3/t23-,25-,26?,29-;/m0./s1. The van der Waals surface area contributed by atoms with Crippen molar-refractivity contribution >= 4 is 51.3 Å². The number of fused-ring (bicyclic) bond motifs is 3. The van der Waals surface area contributed by atoms with Crippen molar-refractivity contribution in [3.8, 4) is 11.8 Å². The molecule has 1 unspecified atom stereocenters. The summed E-state index contributed by atoms with van der Waals surface area (Å²) in [6.07, 6.45) is 2.08. The molecule has 0 radical (unpaired) electrons. The molecule has 3 aliphatic rings. The quantitative estimate of drug-likeness (QED) is 0.0792. The number of urea groups is 1. The van der Waals surface area contributed by atoms with Gasteiger partial charge in [0.2, 0.25) is 17.7 Å². The van der Waals surface area contributed by atoms with Gasteiger partial charge in [0.25, 0.3) is 10.1 Å².